The average Bonchev–Trinajstić information content (AvgIpc) is 2.68. The van der Waals surface area contributed by atoms with Gasteiger partial charge in [0, 0.05) is 37.6 Å². The number of carbonyl (C=O) groups excluding carboxylic acids is 1. The number of hydrogen-bond acceptors (Lipinski definition) is 3. The van der Waals surface area contributed by atoms with Gasteiger partial charge in [-0.15, -0.1) is 0 Å². The predicted octanol–water partition coefficient (Wildman–Crippen LogP) is 2.75. The topological polar surface area (TPSA) is 45.2 Å². The zero-order valence-corrected chi connectivity index (χ0v) is 13.9. The highest BCUT2D eigenvalue weighted by molar-refractivity contribution is 5.94. The van der Waals surface area contributed by atoms with Gasteiger partial charge in [0.05, 0.1) is 5.56 Å². The highest BCUT2D eigenvalue weighted by atomic mass is 16.2. The number of nitrogens with one attached hydrogen (secondary N) is 1. The first kappa shape index (κ1) is 15.3. The second-order valence-corrected chi connectivity index (χ2v) is 6.71. The number of fused-ring (bicyclic) bond motifs is 1. The fourth-order valence-corrected chi connectivity index (χ4v) is 3.73. The van der Waals surface area contributed by atoms with E-state index in [4.69, 9.17) is 0 Å². The van der Waals surface area contributed by atoms with Gasteiger partial charge in [-0.3, -0.25) is 9.78 Å². The molecule has 4 rings (SSSR count). The van der Waals surface area contributed by atoms with Crippen LogP contribution in [0.3, 0.4) is 0 Å². The van der Waals surface area contributed by atoms with Gasteiger partial charge in [0.1, 0.15) is 0 Å². The van der Waals surface area contributed by atoms with Crippen molar-refractivity contribution in [3.05, 3.63) is 65.0 Å². The van der Waals surface area contributed by atoms with Crippen LogP contribution in [0.25, 0.3) is 0 Å². The van der Waals surface area contributed by atoms with E-state index in [1.807, 2.05) is 23.1 Å². The Morgan fingerprint density at radius 2 is 2.00 bits per heavy atom. The molecule has 1 atom stereocenters. The smallest absolute Gasteiger partial charge is 0.255 e. The molecule has 0 spiro atoms. The Balaban J connectivity index is 1.51. The molecule has 2 aromatic rings. The minimum Gasteiger partial charge on any atom is -0.335 e. The van der Waals surface area contributed by atoms with Gasteiger partial charge in [-0.2, -0.15) is 0 Å². The number of piperazine rings is 1. The van der Waals surface area contributed by atoms with E-state index >= 15 is 0 Å². The maximum absolute atomic E-state index is 12.9. The normalized spacial score (nSPS) is 20.5. The third-order valence-electron chi connectivity index (χ3n) is 5.08. The predicted molar refractivity (Wildman–Crippen MR) is 94.0 cm³/mol. The maximum Gasteiger partial charge on any atom is 0.255 e. The second-order valence-electron chi connectivity index (χ2n) is 6.71. The van der Waals surface area contributed by atoms with Crippen molar-refractivity contribution in [2.24, 2.45) is 0 Å². The molecule has 2 heterocycles. The molecule has 1 aromatic carbocycles. The fourth-order valence-electron chi connectivity index (χ4n) is 3.73. The monoisotopic (exact) mass is 321 g/mol. The lowest BCUT2D eigenvalue weighted by Gasteiger charge is -2.34. The number of rotatable bonds is 2. The summed E-state index contributed by atoms with van der Waals surface area (Å²) in [5.41, 5.74) is 4.42. The van der Waals surface area contributed by atoms with Gasteiger partial charge < -0.3 is 10.2 Å². The van der Waals surface area contributed by atoms with Gasteiger partial charge in [-0.05, 0) is 42.9 Å². The van der Waals surface area contributed by atoms with E-state index < -0.39 is 0 Å². The van der Waals surface area contributed by atoms with Gasteiger partial charge in [0.15, 0.2) is 0 Å². The van der Waals surface area contributed by atoms with Crippen LogP contribution in [0.1, 0.15) is 46.1 Å². The van der Waals surface area contributed by atoms with Crippen LogP contribution in [0.5, 0.6) is 0 Å². The molecule has 0 saturated carbocycles. The minimum atomic E-state index is 0.110. The summed E-state index contributed by atoms with van der Waals surface area (Å²) in [4.78, 5) is 19.4. The number of aromatic nitrogens is 1. The molecule has 0 unspecified atom stereocenters. The summed E-state index contributed by atoms with van der Waals surface area (Å²) in [6.07, 6.45) is 6.29. The van der Waals surface area contributed by atoms with E-state index in [1.54, 1.807) is 6.20 Å². The molecule has 2 aliphatic rings. The van der Waals surface area contributed by atoms with Crippen LogP contribution in [0, 0.1) is 0 Å². The van der Waals surface area contributed by atoms with Crippen LogP contribution in [0.4, 0.5) is 0 Å². The second kappa shape index (κ2) is 6.73. The lowest BCUT2D eigenvalue weighted by Crippen LogP contribution is -2.48. The lowest BCUT2D eigenvalue weighted by molar-refractivity contribution is 0.0702. The number of hydrogen-bond donors (Lipinski definition) is 1. The average molecular weight is 321 g/mol. The van der Waals surface area contributed by atoms with E-state index in [0.717, 1.165) is 31.5 Å². The summed E-state index contributed by atoms with van der Waals surface area (Å²) in [6, 6.07) is 12.6. The van der Waals surface area contributed by atoms with Crippen molar-refractivity contribution in [1.82, 2.24) is 15.2 Å². The van der Waals surface area contributed by atoms with Gasteiger partial charge in [0.2, 0.25) is 0 Å². The van der Waals surface area contributed by atoms with Crippen molar-refractivity contribution < 1.29 is 4.79 Å². The highest BCUT2D eigenvalue weighted by Gasteiger charge is 2.25. The molecule has 1 aliphatic heterocycles. The molecule has 1 aromatic heterocycles. The summed E-state index contributed by atoms with van der Waals surface area (Å²) in [5, 5.41) is 3.51. The molecule has 24 heavy (non-hydrogen) atoms. The Bertz CT molecular complexity index is 729. The largest absolute Gasteiger partial charge is 0.335 e. The Morgan fingerprint density at radius 1 is 1.17 bits per heavy atom. The standard InChI is InChI=1S/C20H23N3O/c24-20(17-12-16-8-4-5-9-18(16)22-13-17)23-11-10-21-19(14-23)15-6-2-1-3-7-15/h1-3,6-7,12-13,19,21H,4-5,8-11,14H2/t19-/m1/s1. The Morgan fingerprint density at radius 3 is 2.88 bits per heavy atom. The Hall–Kier alpha value is -2.20. The molecular formula is C20H23N3O. The number of benzene rings is 1. The molecule has 0 radical (unpaired) electrons. The Labute approximate surface area is 142 Å². The molecule has 124 valence electrons. The van der Waals surface area contributed by atoms with Gasteiger partial charge >= 0.3 is 0 Å². The molecule has 1 fully saturated rings. The maximum atomic E-state index is 12.9. The van der Waals surface area contributed by atoms with E-state index in [1.165, 1.54) is 29.7 Å². The van der Waals surface area contributed by atoms with Crippen molar-refractivity contribution in [1.29, 1.82) is 0 Å². The van der Waals surface area contributed by atoms with Crippen molar-refractivity contribution in [2.45, 2.75) is 31.7 Å². The van der Waals surface area contributed by atoms with Crippen molar-refractivity contribution in [3.63, 3.8) is 0 Å². The fraction of sp³-hybridized carbons (Fsp3) is 0.400. The summed E-state index contributed by atoms with van der Waals surface area (Å²) in [7, 11) is 0. The first-order chi connectivity index (χ1) is 11.8. The zero-order valence-electron chi connectivity index (χ0n) is 13.9. The zero-order chi connectivity index (χ0) is 16.4. The summed E-state index contributed by atoms with van der Waals surface area (Å²) in [5.74, 6) is 0.110. The quantitative estimate of drug-likeness (QED) is 0.925. The number of nitrogens with zero attached hydrogens (tertiary/aromatic N) is 2. The van der Waals surface area contributed by atoms with Crippen LogP contribution in [-0.2, 0) is 12.8 Å². The van der Waals surface area contributed by atoms with Gasteiger partial charge in [0.25, 0.3) is 5.91 Å². The molecule has 1 N–H and O–H groups in total. The lowest BCUT2D eigenvalue weighted by atomic mass is 9.95. The van der Waals surface area contributed by atoms with Gasteiger partial charge in [-0.25, -0.2) is 0 Å². The first-order valence-corrected chi connectivity index (χ1v) is 8.86. The SMILES string of the molecule is O=C(c1cnc2c(c1)CCCC2)N1CCN[C@@H](c2ccccc2)C1. The molecule has 4 heteroatoms. The molecule has 1 amide bonds. The van der Waals surface area contributed by atoms with Crippen LogP contribution >= 0.6 is 0 Å². The summed E-state index contributed by atoms with van der Waals surface area (Å²) in [6.45, 7) is 2.28. The summed E-state index contributed by atoms with van der Waals surface area (Å²) < 4.78 is 0. The van der Waals surface area contributed by atoms with E-state index in [9.17, 15) is 4.79 Å². The number of amides is 1. The molecule has 1 aliphatic carbocycles. The van der Waals surface area contributed by atoms with E-state index in [-0.39, 0.29) is 11.9 Å². The first-order valence-electron chi connectivity index (χ1n) is 8.86. The van der Waals surface area contributed by atoms with Crippen LogP contribution in [0.2, 0.25) is 0 Å². The Kier molecular flexibility index (Phi) is 4.30. The minimum absolute atomic E-state index is 0.110. The van der Waals surface area contributed by atoms with E-state index in [0.29, 0.717) is 6.54 Å². The third-order valence-corrected chi connectivity index (χ3v) is 5.08. The van der Waals surface area contributed by atoms with Crippen molar-refractivity contribution >= 4 is 5.91 Å². The molecule has 1 saturated heterocycles. The van der Waals surface area contributed by atoms with Crippen LogP contribution in [0.15, 0.2) is 42.6 Å². The third kappa shape index (κ3) is 3.06. The molecule has 4 nitrogen and oxygen atoms in total. The van der Waals surface area contributed by atoms with Crippen LogP contribution < -0.4 is 5.32 Å². The van der Waals surface area contributed by atoms with E-state index in [2.05, 4.69) is 28.5 Å². The number of carbonyl (C=O) groups is 1. The number of pyridine rings is 1. The number of aryl methyl sites for hydroxylation is 2. The molecular weight excluding hydrogens is 298 g/mol. The summed E-state index contributed by atoms with van der Waals surface area (Å²) >= 11 is 0. The van der Waals surface area contributed by atoms with Crippen molar-refractivity contribution in [3.8, 4) is 0 Å². The van der Waals surface area contributed by atoms with Crippen LogP contribution in [-0.4, -0.2) is 35.4 Å². The van der Waals surface area contributed by atoms with Gasteiger partial charge in [-0.1, -0.05) is 30.3 Å². The highest BCUT2D eigenvalue weighted by Crippen LogP contribution is 2.22. The molecule has 0 bridgehead atoms. The van der Waals surface area contributed by atoms with Crippen molar-refractivity contribution in [2.75, 3.05) is 19.6 Å².